The highest BCUT2D eigenvalue weighted by Gasteiger charge is 2.29. The number of rotatable bonds is 6. The molecule has 0 aromatic rings. The van der Waals surface area contributed by atoms with Gasteiger partial charge in [-0.25, -0.2) is 9.59 Å². The van der Waals surface area contributed by atoms with Crippen molar-refractivity contribution in [3.63, 3.8) is 0 Å². The summed E-state index contributed by atoms with van der Waals surface area (Å²) in [4.78, 5) is 23.4. The summed E-state index contributed by atoms with van der Waals surface area (Å²) >= 11 is 0. The lowest BCUT2D eigenvalue weighted by molar-refractivity contribution is -0.146. The van der Waals surface area contributed by atoms with E-state index >= 15 is 0 Å². The summed E-state index contributed by atoms with van der Waals surface area (Å²) in [5.41, 5.74) is 0. The molecular weight excluding hydrogens is 240 g/mol. The molecule has 1 fully saturated rings. The molecular formula is C11H20N2O5. The summed E-state index contributed by atoms with van der Waals surface area (Å²) in [6.45, 7) is 0.689. The fourth-order valence-electron chi connectivity index (χ4n) is 1.89. The fraction of sp³-hybridized carbons (Fsp3) is 0.818. The Morgan fingerprint density at radius 1 is 1.44 bits per heavy atom. The number of carbonyl (C=O) groups excluding carboxylic acids is 1. The van der Waals surface area contributed by atoms with Gasteiger partial charge >= 0.3 is 12.0 Å². The van der Waals surface area contributed by atoms with Crippen molar-refractivity contribution < 1.29 is 24.9 Å². The summed E-state index contributed by atoms with van der Waals surface area (Å²) in [5.74, 6) is -0.957. The van der Waals surface area contributed by atoms with E-state index in [0.29, 0.717) is 12.5 Å². The summed E-state index contributed by atoms with van der Waals surface area (Å²) in [6, 6.07) is -0.297. The summed E-state index contributed by atoms with van der Waals surface area (Å²) in [5, 5.41) is 29.1. The molecule has 18 heavy (non-hydrogen) atoms. The van der Waals surface area contributed by atoms with Gasteiger partial charge in [0.2, 0.25) is 0 Å². The maximum absolute atomic E-state index is 11.6. The van der Waals surface area contributed by atoms with Gasteiger partial charge in [-0.1, -0.05) is 0 Å². The minimum absolute atomic E-state index is 0.0168. The van der Waals surface area contributed by atoms with Crippen molar-refractivity contribution in [2.75, 3.05) is 20.1 Å². The van der Waals surface area contributed by atoms with Crippen molar-refractivity contribution in [3.05, 3.63) is 0 Å². The normalized spacial score (nSPS) is 23.9. The lowest BCUT2D eigenvalue weighted by Crippen LogP contribution is -2.44. The molecule has 0 heterocycles. The fourth-order valence-corrected chi connectivity index (χ4v) is 1.89. The van der Waals surface area contributed by atoms with Gasteiger partial charge in [-0.2, -0.15) is 0 Å². The Bertz CT molecular complexity index is 304. The van der Waals surface area contributed by atoms with Crippen molar-refractivity contribution in [1.29, 1.82) is 0 Å². The third kappa shape index (κ3) is 4.50. The van der Waals surface area contributed by atoms with Crippen LogP contribution in [0.5, 0.6) is 0 Å². The van der Waals surface area contributed by atoms with Gasteiger partial charge in [0.15, 0.2) is 6.10 Å². The molecule has 1 rings (SSSR count). The summed E-state index contributed by atoms with van der Waals surface area (Å²) in [7, 11) is 1.65. The van der Waals surface area contributed by atoms with E-state index in [4.69, 9.17) is 15.3 Å². The first-order valence-electron chi connectivity index (χ1n) is 5.98. The third-order valence-corrected chi connectivity index (χ3v) is 3.07. The van der Waals surface area contributed by atoms with Gasteiger partial charge < -0.3 is 25.5 Å². The second-order valence-electron chi connectivity index (χ2n) is 4.75. The Hall–Kier alpha value is -1.34. The maximum atomic E-state index is 11.6. The lowest BCUT2D eigenvalue weighted by atomic mass is 9.82. The molecule has 1 atom stereocenters. The van der Waals surface area contributed by atoms with Crippen LogP contribution >= 0.6 is 0 Å². The van der Waals surface area contributed by atoms with Gasteiger partial charge in [0, 0.05) is 26.6 Å². The zero-order valence-electron chi connectivity index (χ0n) is 10.4. The standard InChI is InChI=1S/C11H20N2O5/c1-13(6-7-4-8(14)5-7)11(18)12-3-2-9(15)10(16)17/h7-9,14-15H,2-6H2,1H3,(H,12,18)(H,16,17)/t7?,8?,9-/m0/s1. The van der Waals surface area contributed by atoms with E-state index in [-0.39, 0.29) is 25.1 Å². The van der Waals surface area contributed by atoms with E-state index in [1.807, 2.05) is 0 Å². The average molecular weight is 260 g/mol. The zero-order valence-corrected chi connectivity index (χ0v) is 10.4. The monoisotopic (exact) mass is 260 g/mol. The second kappa shape index (κ2) is 6.55. The molecule has 104 valence electrons. The zero-order chi connectivity index (χ0) is 13.7. The van der Waals surface area contributed by atoms with E-state index < -0.39 is 12.1 Å². The number of aliphatic hydroxyl groups excluding tert-OH is 2. The number of aliphatic carboxylic acids is 1. The van der Waals surface area contributed by atoms with Gasteiger partial charge in [-0.15, -0.1) is 0 Å². The predicted octanol–water partition coefficient (Wildman–Crippen LogP) is -0.766. The predicted molar refractivity (Wildman–Crippen MR) is 63.0 cm³/mol. The van der Waals surface area contributed by atoms with E-state index in [1.54, 1.807) is 7.05 Å². The number of hydrogen-bond acceptors (Lipinski definition) is 4. The molecule has 4 N–H and O–H groups in total. The molecule has 1 saturated carbocycles. The number of carboxylic acid groups (broad SMARTS) is 1. The molecule has 1 aliphatic rings. The number of urea groups is 1. The van der Waals surface area contributed by atoms with Crippen LogP contribution in [-0.4, -0.2) is 64.6 Å². The molecule has 7 heteroatoms. The van der Waals surface area contributed by atoms with Crippen LogP contribution in [0, 0.1) is 5.92 Å². The number of carboxylic acids is 1. The molecule has 7 nitrogen and oxygen atoms in total. The van der Waals surface area contributed by atoms with Gasteiger partial charge in [0.05, 0.1) is 6.10 Å². The highest BCUT2D eigenvalue weighted by Crippen LogP contribution is 2.27. The number of carbonyl (C=O) groups is 2. The Labute approximate surface area is 105 Å². The Morgan fingerprint density at radius 3 is 2.56 bits per heavy atom. The maximum Gasteiger partial charge on any atom is 0.332 e. The molecule has 0 radical (unpaired) electrons. The van der Waals surface area contributed by atoms with E-state index in [0.717, 1.165) is 12.8 Å². The Balaban J connectivity index is 2.14. The van der Waals surface area contributed by atoms with Crippen LogP contribution in [0.25, 0.3) is 0 Å². The smallest absolute Gasteiger partial charge is 0.332 e. The van der Waals surface area contributed by atoms with E-state index in [2.05, 4.69) is 5.32 Å². The first-order chi connectivity index (χ1) is 8.40. The van der Waals surface area contributed by atoms with Crippen LogP contribution in [0.2, 0.25) is 0 Å². The third-order valence-electron chi connectivity index (χ3n) is 3.07. The molecule has 2 amide bonds. The highest BCUT2D eigenvalue weighted by molar-refractivity contribution is 5.74. The average Bonchev–Trinajstić information content (AvgIpc) is 2.26. The molecule has 0 aliphatic heterocycles. The van der Waals surface area contributed by atoms with Crippen molar-refractivity contribution in [1.82, 2.24) is 10.2 Å². The minimum Gasteiger partial charge on any atom is -0.479 e. The van der Waals surface area contributed by atoms with Crippen molar-refractivity contribution in [2.45, 2.75) is 31.5 Å². The Kier molecular flexibility index (Phi) is 5.36. The number of nitrogens with zero attached hydrogens (tertiary/aromatic N) is 1. The second-order valence-corrected chi connectivity index (χ2v) is 4.75. The lowest BCUT2D eigenvalue weighted by Gasteiger charge is -2.34. The number of amides is 2. The first kappa shape index (κ1) is 14.7. The van der Waals surface area contributed by atoms with Crippen LogP contribution in [0.15, 0.2) is 0 Å². The van der Waals surface area contributed by atoms with Crippen LogP contribution in [0.3, 0.4) is 0 Å². The molecule has 0 saturated heterocycles. The molecule has 0 spiro atoms. The quantitative estimate of drug-likeness (QED) is 0.501. The van der Waals surface area contributed by atoms with E-state index in [1.165, 1.54) is 4.90 Å². The van der Waals surface area contributed by atoms with Crippen LogP contribution in [0.4, 0.5) is 4.79 Å². The molecule has 1 aliphatic carbocycles. The largest absolute Gasteiger partial charge is 0.479 e. The van der Waals surface area contributed by atoms with Gasteiger partial charge in [-0.05, 0) is 18.8 Å². The number of aliphatic hydroxyl groups is 2. The van der Waals surface area contributed by atoms with Crippen LogP contribution in [-0.2, 0) is 4.79 Å². The SMILES string of the molecule is CN(CC1CC(O)C1)C(=O)NCC[C@H](O)C(=O)O. The summed E-state index contributed by atoms with van der Waals surface area (Å²) in [6.07, 6.45) is -0.267. The molecule has 0 bridgehead atoms. The van der Waals surface area contributed by atoms with Crippen molar-refractivity contribution >= 4 is 12.0 Å². The van der Waals surface area contributed by atoms with Crippen LogP contribution in [0.1, 0.15) is 19.3 Å². The Morgan fingerprint density at radius 2 is 2.06 bits per heavy atom. The van der Waals surface area contributed by atoms with Crippen LogP contribution < -0.4 is 5.32 Å². The van der Waals surface area contributed by atoms with Gasteiger partial charge in [-0.3, -0.25) is 0 Å². The van der Waals surface area contributed by atoms with Gasteiger partial charge in [0.25, 0.3) is 0 Å². The highest BCUT2D eigenvalue weighted by atomic mass is 16.4. The molecule has 0 aromatic carbocycles. The van der Waals surface area contributed by atoms with Gasteiger partial charge in [0.1, 0.15) is 0 Å². The number of nitrogens with one attached hydrogen (secondary N) is 1. The minimum atomic E-state index is -1.45. The summed E-state index contributed by atoms with van der Waals surface area (Å²) < 4.78 is 0. The topological polar surface area (TPSA) is 110 Å². The van der Waals surface area contributed by atoms with Crippen molar-refractivity contribution in [3.8, 4) is 0 Å². The molecule has 0 aromatic heterocycles. The van der Waals surface area contributed by atoms with E-state index in [9.17, 15) is 9.59 Å². The molecule has 0 unspecified atom stereocenters. The first-order valence-corrected chi connectivity index (χ1v) is 5.98. The number of hydrogen-bond donors (Lipinski definition) is 4. The van der Waals surface area contributed by atoms with Crippen molar-refractivity contribution in [2.24, 2.45) is 5.92 Å².